The van der Waals surface area contributed by atoms with Crippen LogP contribution in [-0.4, -0.2) is 18.0 Å². The van der Waals surface area contributed by atoms with Crippen LogP contribution in [0.5, 0.6) is 11.6 Å². The summed E-state index contributed by atoms with van der Waals surface area (Å²) in [7, 11) is -1.86. The largest absolute Gasteiger partial charge is 0.439 e. The third-order valence-corrected chi connectivity index (χ3v) is 9.81. The normalized spacial score (nSPS) is 11.8. The van der Waals surface area contributed by atoms with Crippen LogP contribution in [0.2, 0.25) is 13.1 Å². The van der Waals surface area contributed by atoms with Gasteiger partial charge in [0.1, 0.15) is 13.8 Å². The lowest BCUT2D eigenvalue weighted by Crippen LogP contribution is -2.54. The van der Waals surface area contributed by atoms with E-state index in [9.17, 15) is 0 Å². The van der Waals surface area contributed by atoms with E-state index in [0.717, 1.165) is 5.75 Å². The van der Waals surface area contributed by atoms with Gasteiger partial charge in [-0.1, -0.05) is 42.5 Å². The Morgan fingerprint density at radius 3 is 2.21 bits per heavy atom. The van der Waals surface area contributed by atoms with Gasteiger partial charge in [-0.05, 0) is 42.5 Å². The van der Waals surface area contributed by atoms with Gasteiger partial charge in [-0.25, -0.2) is 4.98 Å². The Bertz CT molecular complexity index is 1300. The summed E-state index contributed by atoms with van der Waals surface area (Å²) in [5.41, 5.74) is 0. The van der Waals surface area contributed by atoms with Crippen LogP contribution in [0.15, 0.2) is 85.2 Å². The van der Waals surface area contributed by atoms with Crippen LogP contribution in [0.25, 0.3) is 20.2 Å². The fraction of sp³-hybridized carbons (Fsp3) is 0.0833. The maximum atomic E-state index is 5.96. The number of rotatable bonds is 4. The summed E-state index contributed by atoms with van der Waals surface area (Å²) in [4.78, 5) is 8.92. The van der Waals surface area contributed by atoms with E-state index < -0.39 is 8.07 Å². The van der Waals surface area contributed by atoms with Gasteiger partial charge in [0.15, 0.2) is 0 Å². The minimum atomic E-state index is -1.86. The maximum absolute atomic E-state index is 5.96. The fourth-order valence-corrected chi connectivity index (χ4v) is 6.90. The van der Waals surface area contributed by atoms with Crippen molar-refractivity contribution in [3.05, 3.63) is 85.2 Å². The van der Waals surface area contributed by atoms with Gasteiger partial charge in [-0.3, -0.25) is 4.98 Å². The average molecular weight is 413 g/mol. The molecule has 0 saturated carbocycles. The second kappa shape index (κ2) is 7.10. The van der Waals surface area contributed by atoms with Gasteiger partial charge in [0.05, 0.1) is 0 Å². The Hall–Kier alpha value is -3.02. The van der Waals surface area contributed by atoms with Crippen LogP contribution in [0.3, 0.4) is 0 Å². The fourth-order valence-electron chi connectivity index (χ4n) is 3.62. The van der Waals surface area contributed by atoms with E-state index in [-0.39, 0.29) is 0 Å². The first-order valence-corrected chi connectivity index (χ1v) is 13.4. The summed E-state index contributed by atoms with van der Waals surface area (Å²) in [6.45, 7) is 4.72. The molecule has 0 unspecified atom stereocenters. The first-order chi connectivity index (χ1) is 14.1. The molecule has 0 aliphatic rings. The molecule has 3 aromatic heterocycles. The molecule has 0 radical (unpaired) electrons. The van der Waals surface area contributed by atoms with Gasteiger partial charge >= 0.3 is 0 Å². The lowest BCUT2D eigenvalue weighted by atomic mass is 10.1. The highest BCUT2D eigenvalue weighted by molar-refractivity contribution is 7.25. The van der Waals surface area contributed by atoms with E-state index in [0.29, 0.717) is 5.88 Å². The number of fused-ring (bicyclic) bond motifs is 3. The Morgan fingerprint density at radius 2 is 1.48 bits per heavy atom. The van der Waals surface area contributed by atoms with Crippen molar-refractivity contribution < 1.29 is 4.74 Å². The molecule has 0 amide bonds. The summed E-state index contributed by atoms with van der Waals surface area (Å²) in [6, 6.07) is 25.1. The third-order valence-electron chi connectivity index (χ3n) is 5.33. The van der Waals surface area contributed by atoms with Crippen LogP contribution in [0.4, 0.5) is 0 Å². The molecule has 29 heavy (non-hydrogen) atoms. The van der Waals surface area contributed by atoms with Gasteiger partial charge in [0.2, 0.25) is 5.88 Å². The van der Waals surface area contributed by atoms with Crippen molar-refractivity contribution in [1.29, 1.82) is 0 Å². The number of thiophene rings is 1. The summed E-state index contributed by atoms with van der Waals surface area (Å²) in [6.07, 6.45) is 3.63. The highest BCUT2D eigenvalue weighted by Gasteiger charge is 2.28. The standard InChI is InChI=1S/C24H20N2OSSi/c1-29(2,24-8-4-6-14-26-24)18-10-12-22-20(16-18)19-15-17(9-11-21(19)28-22)27-23-7-3-5-13-25-23/h3-16H,1-2H3. The van der Waals surface area contributed by atoms with Crippen molar-refractivity contribution in [2.75, 3.05) is 0 Å². The molecule has 0 aliphatic carbocycles. The summed E-state index contributed by atoms with van der Waals surface area (Å²) in [5, 5.41) is 5.11. The molecule has 0 spiro atoms. The molecule has 0 N–H and O–H groups in total. The molecule has 5 rings (SSSR count). The van der Waals surface area contributed by atoms with Crippen LogP contribution in [-0.2, 0) is 0 Å². The van der Waals surface area contributed by atoms with Gasteiger partial charge in [0.25, 0.3) is 0 Å². The van der Waals surface area contributed by atoms with Crippen LogP contribution in [0, 0.1) is 0 Å². The van der Waals surface area contributed by atoms with Gasteiger partial charge in [-0.15, -0.1) is 11.3 Å². The number of nitrogens with zero attached hydrogens (tertiary/aromatic N) is 2. The van der Waals surface area contributed by atoms with E-state index in [1.807, 2.05) is 47.9 Å². The maximum Gasteiger partial charge on any atom is 0.219 e. The molecule has 0 fully saturated rings. The molecule has 0 saturated heterocycles. The molecular formula is C24H20N2OSSi. The van der Waals surface area contributed by atoms with Crippen LogP contribution < -0.4 is 15.2 Å². The van der Waals surface area contributed by atoms with Crippen molar-refractivity contribution in [3.8, 4) is 11.6 Å². The molecule has 2 aromatic carbocycles. The second-order valence-corrected chi connectivity index (χ2v) is 13.0. The highest BCUT2D eigenvalue weighted by Crippen LogP contribution is 2.36. The zero-order chi connectivity index (χ0) is 19.8. The summed E-state index contributed by atoms with van der Waals surface area (Å²) >= 11 is 1.82. The number of aromatic nitrogens is 2. The van der Waals surface area contributed by atoms with E-state index in [4.69, 9.17) is 4.74 Å². The minimum Gasteiger partial charge on any atom is -0.439 e. The number of ether oxygens (including phenoxy) is 1. The van der Waals surface area contributed by atoms with Crippen molar-refractivity contribution >= 4 is 50.1 Å². The predicted octanol–water partition coefficient (Wildman–Crippen LogP) is 5.46. The van der Waals surface area contributed by atoms with Gasteiger partial charge in [-0.2, -0.15) is 0 Å². The first kappa shape index (κ1) is 18.0. The Labute approximate surface area is 174 Å². The van der Waals surface area contributed by atoms with Crippen LogP contribution >= 0.6 is 11.3 Å². The molecule has 5 aromatic rings. The van der Waals surface area contributed by atoms with E-state index in [2.05, 4.69) is 65.5 Å². The van der Waals surface area contributed by atoms with E-state index in [1.54, 1.807) is 6.20 Å². The first-order valence-electron chi connectivity index (χ1n) is 9.58. The van der Waals surface area contributed by atoms with Crippen molar-refractivity contribution in [2.24, 2.45) is 0 Å². The van der Waals surface area contributed by atoms with E-state index in [1.165, 1.54) is 30.7 Å². The van der Waals surface area contributed by atoms with E-state index >= 15 is 0 Å². The zero-order valence-electron chi connectivity index (χ0n) is 16.3. The summed E-state index contributed by atoms with van der Waals surface area (Å²) in [5.74, 6) is 1.42. The molecule has 3 nitrogen and oxygen atoms in total. The average Bonchev–Trinajstić information content (AvgIpc) is 3.12. The zero-order valence-corrected chi connectivity index (χ0v) is 18.1. The third kappa shape index (κ3) is 3.32. The van der Waals surface area contributed by atoms with Crippen molar-refractivity contribution in [2.45, 2.75) is 13.1 Å². The lowest BCUT2D eigenvalue weighted by Gasteiger charge is -2.22. The summed E-state index contributed by atoms with van der Waals surface area (Å²) < 4.78 is 8.53. The SMILES string of the molecule is C[Si](C)(c1ccc2sc3ccc(Oc4ccccn4)cc3c2c1)c1ccccn1. The molecule has 5 heteroatoms. The minimum absolute atomic E-state index is 0.607. The second-order valence-electron chi connectivity index (χ2n) is 7.58. The Morgan fingerprint density at radius 1 is 0.759 bits per heavy atom. The van der Waals surface area contributed by atoms with Crippen molar-refractivity contribution in [1.82, 2.24) is 9.97 Å². The Kier molecular flexibility index (Phi) is 4.41. The quantitative estimate of drug-likeness (QED) is 0.368. The molecule has 0 aliphatic heterocycles. The smallest absolute Gasteiger partial charge is 0.219 e. The number of hydrogen-bond acceptors (Lipinski definition) is 4. The topological polar surface area (TPSA) is 35.0 Å². The predicted molar refractivity (Wildman–Crippen MR) is 125 cm³/mol. The molecule has 0 bridgehead atoms. The monoisotopic (exact) mass is 412 g/mol. The molecular weight excluding hydrogens is 392 g/mol. The molecule has 3 heterocycles. The Balaban J connectivity index is 1.61. The van der Waals surface area contributed by atoms with Crippen molar-refractivity contribution in [3.63, 3.8) is 0 Å². The highest BCUT2D eigenvalue weighted by atomic mass is 32.1. The van der Waals surface area contributed by atoms with Gasteiger partial charge in [0, 0.05) is 43.9 Å². The van der Waals surface area contributed by atoms with Crippen LogP contribution in [0.1, 0.15) is 0 Å². The lowest BCUT2D eigenvalue weighted by molar-refractivity contribution is 0.464. The molecule has 142 valence electrons. The van der Waals surface area contributed by atoms with Gasteiger partial charge < -0.3 is 4.74 Å². The molecule has 0 atom stereocenters. The number of pyridine rings is 2. The number of benzene rings is 2. The number of hydrogen-bond donors (Lipinski definition) is 0.